The van der Waals surface area contributed by atoms with E-state index in [1.54, 1.807) is 11.3 Å². The number of benzene rings is 1. The first-order chi connectivity index (χ1) is 12.2. The summed E-state index contributed by atoms with van der Waals surface area (Å²) in [6.07, 6.45) is 4.06. The van der Waals surface area contributed by atoms with Crippen LogP contribution in [0, 0.1) is 6.92 Å². The molecule has 2 aromatic rings. The minimum absolute atomic E-state index is 0.144. The molecular weight excluding hydrogens is 332 g/mol. The Morgan fingerprint density at radius 3 is 2.60 bits per heavy atom. The first-order valence-electron chi connectivity index (χ1n) is 9.13. The first-order valence-corrected chi connectivity index (χ1v) is 9.95. The maximum absolute atomic E-state index is 13.1. The van der Waals surface area contributed by atoms with Gasteiger partial charge in [0.1, 0.15) is 4.88 Å². The highest BCUT2D eigenvalue weighted by Gasteiger charge is 2.26. The number of hydrogen-bond acceptors (Lipinski definition) is 4. The van der Waals surface area contributed by atoms with Crippen molar-refractivity contribution in [1.82, 2.24) is 9.88 Å². The quantitative estimate of drug-likeness (QED) is 0.826. The fourth-order valence-electron chi connectivity index (χ4n) is 3.74. The second kappa shape index (κ2) is 7.26. The molecule has 1 aromatic heterocycles. The van der Waals surface area contributed by atoms with Gasteiger partial charge in [-0.25, -0.2) is 4.98 Å². The lowest BCUT2D eigenvalue weighted by molar-refractivity contribution is 0.0767. The zero-order valence-corrected chi connectivity index (χ0v) is 15.5. The zero-order chi connectivity index (χ0) is 17.2. The lowest BCUT2D eigenvalue weighted by atomic mass is 10.0. The van der Waals surface area contributed by atoms with Crippen LogP contribution in [-0.2, 0) is 17.6 Å². The maximum Gasteiger partial charge on any atom is 0.265 e. The van der Waals surface area contributed by atoms with Crippen LogP contribution in [0.25, 0.3) is 0 Å². The molecule has 0 spiro atoms. The number of carbonyl (C=O) groups excluding carboxylic acids is 1. The van der Waals surface area contributed by atoms with Gasteiger partial charge in [0.05, 0.1) is 17.3 Å². The summed E-state index contributed by atoms with van der Waals surface area (Å²) in [7, 11) is 0. The lowest BCUT2D eigenvalue weighted by Gasteiger charge is -2.20. The van der Waals surface area contributed by atoms with Crippen molar-refractivity contribution in [3.05, 3.63) is 51.0 Å². The van der Waals surface area contributed by atoms with Gasteiger partial charge < -0.3 is 9.64 Å². The third kappa shape index (κ3) is 3.48. The molecule has 0 aliphatic carbocycles. The Bertz CT molecular complexity index is 738. The molecule has 132 valence electrons. The number of aromatic nitrogens is 1. The monoisotopic (exact) mass is 356 g/mol. The summed E-state index contributed by atoms with van der Waals surface area (Å²) in [5, 5.41) is 1.07. The molecule has 4 nitrogen and oxygen atoms in total. The summed E-state index contributed by atoms with van der Waals surface area (Å²) in [6, 6.07) is 8.54. The summed E-state index contributed by atoms with van der Waals surface area (Å²) in [5.41, 5.74) is 3.62. The van der Waals surface area contributed by atoms with E-state index in [1.165, 1.54) is 11.1 Å². The van der Waals surface area contributed by atoms with Gasteiger partial charge in [-0.3, -0.25) is 4.79 Å². The predicted octanol–water partition coefficient (Wildman–Crippen LogP) is 3.59. The molecule has 1 fully saturated rings. The first kappa shape index (κ1) is 16.7. The standard InChI is InChI=1S/C20H24N2O2S/c1-14-18(25-19(21-14)17-7-4-12-24-13-17)20(23)22-10-8-15-5-2-3-6-16(15)9-11-22/h2-3,5-6,17H,4,7-13H2,1H3. The van der Waals surface area contributed by atoms with Crippen LogP contribution < -0.4 is 0 Å². The molecule has 4 rings (SSSR count). The molecule has 1 atom stereocenters. The number of carbonyl (C=O) groups is 1. The van der Waals surface area contributed by atoms with Gasteiger partial charge in [0.2, 0.25) is 0 Å². The second-order valence-corrected chi connectivity index (χ2v) is 7.97. The summed E-state index contributed by atoms with van der Waals surface area (Å²) in [5.74, 6) is 0.498. The van der Waals surface area contributed by atoms with Crippen molar-refractivity contribution >= 4 is 17.2 Å². The molecule has 1 amide bonds. The summed E-state index contributed by atoms with van der Waals surface area (Å²) >= 11 is 1.58. The van der Waals surface area contributed by atoms with Crippen molar-refractivity contribution < 1.29 is 9.53 Å². The van der Waals surface area contributed by atoms with E-state index in [-0.39, 0.29) is 5.91 Å². The Kier molecular flexibility index (Phi) is 4.86. The zero-order valence-electron chi connectivity index (χ0n) is 14.7. The molecule has 1 saturated heterocycles. The van der Waals surface area contributed by atoms with E-state index >= 15 is 0 Å². The van der Waals surface area contributed by atoms with E-state index in [9.17, 15) is 4.79 Å². The second-order valence-electron chi connectivity index (χ2n) is 6.94. The number of ether oxygens (including phenoxy) is 1. The van der Waals surface area contributed by atoms with Crippen molar-refractivity contribution in [3.63, 3.8) is 0 Å². The normalized spacial score (nSPS) is 20.8. The van der Waals surface area contributed by atoms with Gasteiger partial charge in [-0.2, -0.15) is 0 Å². The fraction of sp³-hybridized carbons (Fsp3) is 0.500. The third-order valence-corrected chi connectivity index (χ3v) is 6.53. The van der Waals surface area contributed by atoms with E-state index < -0.39 is 0 Å². The molecule has 2 aliphatic rings. The Morgan fingerprint density at radius 1 is 1.24 bits per heavy atom. The number of aryl methyl sites for hydroxylation is 1. The van der Waals surface area contributed by atoms with E-state index in [0.29, 0.717) is 5.92 Å². The molecule has 0 radical (unpaired) electrons. The Morgan fingerprint density at radius 2 is 1.96 bits per heavy atom. The van der Waals surface area contributed by atoms with E-state index in [0.717, 1.165) is 67.6 Å². The van der Waals surface area contributed by atoms with E-state index in [2.05, 4.69) is 24.3 Å². The molecule has 1 unspecified atom stereocenters. The van der Waals surface area contributed by atoms with Gasteiger partial charge in [0, 0.05) is 25.6 Å². The van der Waals surface area contributed by atoms with Crippen molar-refractivity contribution in [3.8, 4) is 0 Å². The SMILES string of the molecule is Cc1nc(C2CCCOC2)sc1C(=O)N1CCc2ccccc2CC1. The lowest BCUT2D eigenvalue weighted by Crippen LogP contribution is -2.33. The van der Waals surface area contributed by atoms with Crippen LogP contribution in [0.3, 0.4) is 0 Å². The van der Waals surface area contributed by atoms with Crippen molar-refractivity contribution in [1.29, 1.82) is 0 Å². The van der Waals surface area contributed by atoms with Crippen LogP contribution in [0.1, 0.15) is 50.3 Å². The number of rotatable bonds is 2. The van der Waals surface area contributed by atoms with Crippen LogP contribution in [0.5, 0.6) is 0 Å². The van der Waals surface area contributed by atoms with Gasteiger partial charge in [-0.15, -0.1) is 11.3 Å². The van der Waals surface area contributed by atoms with Crippen LogP contribution in [-0.4, -0.2) is 42.1 Å². The Hall–Kier alpha value is -1.72. The molecule has 5 heteroatoms. The molecule has 0 bridgehead atoms. The van der Waals surface area contributed by atoms with Crippen molar-refractivity contribution in [2.24, 2.45) is 0 Å². The molecule has 1 aromatic carbocycles. The highest BCUT2D eigenvalue weighted by Crippen LogP contribution is 2.31. The van der Waals surface area contributed by atoms with Gasteiger partial charge in [0.25, 0.3) is 5.91 Å². The van der Waals surface area contributed by atoms with Crippen LogP contribution in [0.2, 0.25) is 0 Å². The summed E-state index contributed by atoms with van der Waals surface area (Å²) < 4.78 is 5.59. The fourth-order valence-corrected chi connectivity index (χ4v) is 4.89. The van der Waals surface area contributed by atoms with Crippen LogP contribution >= 0.6 is 11.3 Å². The van der Waals surface area contributed by atoms with Crippen molar-refractivity contribution in [2.45, 2.75) is 38.5 Å². The minimum Gasteiger partial charge on any atom is -0.381 e. The molecular formula is C20H24N2O2S. The molecule has 2 aliphatic heterocycles. The van der Waals surface area contributed by atoms with E-state index in [1.807, 2.05) is 11.8 Å². The van der Waals surface area contributed by atoms with Gasteiger partial charge in [-0.05, 0) is 43.7 Å². The van der Waals surface area contributed by atoms with Gasteiger partial charge in [-0.1, -0.05) is 24.3 Å². The molecule has 0 saturated carbocycles. The number of amides is 1. The van der Waals surface area contributed by atoms with Gasteiger partial charge >= 0.3 is 0 Å². The number of hydrogen-bond donors (Lipinski definition) is 0. The van der Waals surface area contributed by atoms with E-state index in [4.69, 9.17) is 9.72 Å². The van der Waals surface area contributed by atoms with Crippen LogP contribution in [0.4, 0.5) is 0 Å². The summed E-state index contributed by atoms with van der Waals surface area (Å²) in [6.45, 7) is 5.12. The number of thiazole rings is 1. The smallest absolute Gasteiger partial charge is 0.265 e. The topological polar surface area (TPSA) is 42.4 Å². The largest absolute Gasteiger partial charge is 0.381 e. The number of nitrogens with zero attached hydrogens (tertiary/aromatic N) is 2. The molecule has 0 N–H and O–H groups in total. The summed E-state index contributed by atoms with van der Waals surface area (Å²) in [4.78, 5) is 20.6. The molecule has 3 heterocycles. The minimum atomic E-state index is 0.144. The third-order valence-electron chi connectivity index (χ3n) is 5.22. The Labute approximate surface area is 152 Å². The highest BCUT2D eigenvalue weighted by atomic mass is 32.1. The molecule has 25 heavy (non-hydrogen) atoms. The number of fused-ring (bicyclic) bond motifs is 1. The average Bonchev–Trinajstić information content (AvgIpc) is 2.91. The maximum atomic E-state index is 13.1. The van der Waals surface area contributed by atoms with Crippen LogP contribution in [0.15, 0.2) is 24.3 Å². The average molecular weight is 356 g/mol. The predicted molar refractivity (Wildman–Crippen MR) is 99.4 cm³/mol. The van der Waals surface area contributed by atoms with Crippen molar-refractivity contribution in [2.75, 3.05) is 26.3 Å². The Balaban J connectivity index is 1.50. The highest BCUT2D eigenvalue weighted by molar-refractivity contribution is 7.13. The van der Waals surface area contributed by atoms with Gasteiger partial charge in [0.15, 0.2) is 0 Å².